The number of carbonyl (C=O) groups is 2. The monoisotopic (exact) mass is 490 g/mol. The second kappa shape index (κ2) is 12.2. The molecule has 1 aliphatic rings. The van der Waals surface area contributed by atoms with Gasteiger partial charge in [-0.15, -0.1) is 11.3 Å². The Morgan fingerprint density at radius 1 is 1.24 bits per heavy atom. The molecular weight excluding hydrogens is 448 g/mol. The molecule has 0 bridgehead atoms. The molecule has 0 aromatic carbocycles. The molecule has 34 heavy (non-hydrogen) atoms. The largest absolute Gasteiger partial charge is 0.392 e. The lowest BCUT2D eigenvalue weighted by Gasteiger charge is -2.34. The normalized spacial score (nSPS) is 32.1. The molecule has 0 spiro atoms. The predicted octanol–water partition coefficient (Wildman–Crippen LogP) is 4.84. The van der Waals surface area contributed by atoms with Gasteiger partial charge in [-0.05, 0) is 64.0 Å². The fourth-order valence-electron chi connectivity index (χ4n) is 4.52. The third-order valence-corrected chi connectivity index (χ3v) is 7.98. The summed E-state index contributed by atoms with van der Waals surface area (Å²) in [4.78, 5) is 30.6. The van der Waals surface area contributed by atoms with Crippen LogP contribution in [0.1, 0.15) is 84.3 Å². The van der Waals surface area contributed by atoms with Gasteiger partial charge in [0.15, 0.2) is 0 Å². The Labute approximate surface area is 208 Å². The summed E-state index contributed by atoms with van der Waals surface area (Å²) < 4.78 is 0. The molecule has 2 heterocycles. The van der Waals surface area contributed by atoms with E-state index in [1.807, 2.05) is 32.2 Å². The third-order valence-electron chi connectivity index (χ3n) is 7.19. The number of Topliss-reactive ketones (excluding diaryl/α,β-unsaturated/α-hetero) is 1. The van der Waals surface area contributed by atoms with Crippen LogP contribution in [-0.2, 0) is 9.59 Å². The first kappa shape index (κ1) is 28.4. The van der Waals surface area contributed by atoms with E-state index in [0.29, 0.717) is 6.42 Å². The third kappa shape index (κ3) is 7.59. The Hall–Kier alpha value is -1.83. The lowest BCUT2D eigenvalue weighted by molar-refractivity contribution is -0.143. The number of nitrogens with zero attached hydrogens (tertiary/aromatic N) is 1. The Kier molecular flexibility index (Phi) is 10.2. The molecule has 0 unspecified atom stereocenters. The summed E-state index contributed by atoms with van der Waals surface area (Å²) in [6, 6.07) is -0.233. The van der Waals surface area contributed by atoms with Gasteiger partial charge in [0.05, 0.1) is 40.8 Å². The quantitative estimate of drug-likeness (QED) is 0.515. The van der Waals surface area contributed by atoms with Crippen LogP contribution >= 0.6 is 11.3 Å². The number of aryl methyl sites for hydroxylation is 1. The van der Waals surface area contributed by atoms with Crippen LogP contribution in [0.5, 0.6) is 0 Å². The number of allylic oxidation sites excluding steroid dienone is 1. The van der Waals surface area contributed by atoms with Crippen molar-refractivity contribution in [3.05, 3.63) is 33.3 Å². The zero-order chi connectivity index (χ0) is 25.6. The van der Waals surface area contributed by atoms with Crippen molar-refractivity contribution in [2.45, 2.75) is 98.8 Å². The molecule has 5 atom stereocenters. The fraction of sp³-hybridized carbons (Fsp3) is 0.667. The van der Waals surface area contributed by atoms with Gasteiger partial charge in [0.25, 0.3) is 0 Å². The number of hydrogen-bond acceptors (Lipinski definition) is 6. The molecule has 7 heteroatoms. The number of aliphatic hydroxyl groups is 2. The van der Waals surface area contributed by atoms with E-state index in [-0.39, 0.29) is 30.1 Å². The molecular formula is C27H42N2O4S. The van der Waals surface area contributed by atoms with E-state index < -0.39 is 23.5 Å². The van der Waals surface area contributed by atoms with E-state index in [2.05, 4.69) is 23.3 Å². The van der Waals surface area contributed by atoms with Crippen LogP contribution in [0.2, 0.25) is 0 Å². The van der Waals surface area contributed by atoms with E-state index >= 15 is 0 Å². The van der Waals surface area contributed by atoms with Crippen molar-refractivity contribution in [1.29, 1.82) is 0 Å². The second-order valence-electron chi connectivity index (χ2n) is 10.5. The molecule has 0 radical (unpaired) electrons. The average molecular weight is 491 g/mol. The van der Waals surface area contributed by atoms with E-state index in [1.165, 1.54) is 5.57 Å². The number of aromatic nitrogens is 1. The Morgan fingerprint density at radius 2 is 1.91 bits per heavy atom. The van der Waals surface area contributed by atoms with Crippen molar-refractivity contribution in [2.75, 3.05) is 0 Å². The summed E-state index contributed by atoms with van der Waals surface area (Å²) in [6.45, 7) is 13.0. The van der Waals surface area contributed by atoms with Crippen LogP contribution in [0.25, 0.3) is 6.08 Å². The lowest BCUT2D eigenvalue weighted by Crippen LogP contribution is -2.47. The zero-order valence-corrected chi connectivity index (χ0v) is 22.5. The van der Waals surface area contributed by atoms with Crippen LogP contribution in [0.4, 0.5) is 0 Å². The number of nitrogens with one attached hydrogen (secondary N) is 1. The zero-order valence-electron chi connectivity index (χ0n) is 21.7. The molecule has 6 nitrogen and oxygen atoms in total. The first-order valence-corrected chi connectivity index (χ1v) is 13.2. The van der Waals surface area contributed by atoms with Crippen molar-refractivity contribution >= 4 is 29.1 Å². The van der Waals surface area contributed by atoms with Gasteiger partial charge in [0, 0.05) is 11.3 Å². The number of aliphatic hydroxyl groups excluding tert-OH is 2. The highest BCUT2D eigenvalue weighted by molar-refractivity contribution is 7.09. The van der Waals surface area contributed by atoms with Gasteiger partial charge in [-0.3, -0.25) is 9.59 Å². The summed E-state index contributed by atoms with van der Waals surface area (Å²) in [7, 11) is 0. The summed E-state index contributed by atoms with van der Waals surface area (Å²) in [6.07, 6.45) is 5.30. The first-order valence-electron chi connectivity index (χ1n) is 12.3. The van der Waals surface area contributed by atoms with Crippen LogP contribution < -0.4 is 5.32 Å². The van der Waals surface area contributed by atoms with E-state index in [0.717, 1.165) is 35.5 Å². The van der Waals surface area contributed by atoms with Gasteiger partial charge < -0.3 is 15.5 Å². The first-order chi connectivity index (χ1) is 15.8. The van der Waals surface area contributed by atoms with Crippen LogP contribution in [0, 0.1) is 24.2 Å². The smallest absolute Gasteiger partial charge is 0.223 e. The number of thiazole rings is 1. The summed E-state index contributed by atoms with van der Waals surface area (Å²) >= 11 is 1.58. The lowest BCUT2D eigenvalue weighted by atomic mass is 9.73. The van der Waals surface area contributed by atoms with Crippen molar-refractivity contribution in [3.63, 3.8) is 0 Å². The molecule has 1 amide bonds. The van der Waals surface area contributed by atoms with Crippen molar-refractivity contribution in [2.24, 2.45) is 17.3 Å². The Morgan fingerprint density at radius 3 is 2.53 bits per heavy atom. The van der Waals surface area contributed by atoms with Crippen molar-refractivity contribution < 1.29 is 19.8 Å². The number of amides is 1. The maximum Gasteiger partial charge on any atom is 0.223 e. The van der Waals surface area contributed by atoms with Crippen LogP contribution in [0.3, 0.4) is 0 Å². The molecule has 0 saturated heterocycles. The number of ketones is 1. The predicted molar refractivity (Wildman–Crippen MR) is 138 cm³/mol. The molecule has 3 N–H and O–H groups in total. The highest BCUT2D eigenvalue weighted by Crippen LogP contribution is 2.32. The molecule has 1 aromatic heterocycles. The summed E-state index contributed by atoms with van der Waals surface area (Å²) in [5.74, 6) is -1.18. The van der Waals surface area contributed by atoms with Crippen molar-refractivity contribution in [1.82, 2.24) is 10.3 Å². The Balaban J connectivity index is 2.33. The SMILES string of the molecule is C/C1=C/C[C@@H](/C(C)=C/c2csc(C)n2)NC(=O)C[C@H](O)C(C)(C)C(=O)[C@@H](C)[C@H](O)[C@@H](C)CCC1. The van der Waals surface area contributed by atoms with Gasteiger partial charge in [0.2, 0.25) is 5.91 Å². The van der Waals surface area contributed by atoms with Gasteiger partial charge >= 0.3 is 0 Å². The number of hydrogen-bond donors (Lipinski definition) is 3. The van der Waals surface area contributed by atoms with E-state index in [1.54, 1.807) is 32.1 Å². The van der Waals surface area contributed by atoms with Gasteiger partial charge in [-0.25, -0.2) is 4.98 Å². The highest BCUT2D eigenvalue weighted by atomic mass is 32.1. The molecule has 1 aromatic rings. The minimum Gasteiger partial charge on any atom is -0.392 e. The van der Waals surface area contributed by atoms with Gasteiger partial charge in [-0.1, -0.05) is 39.3 Å². The topological polar surface area (TPSA) is 99.5 Å². The minimum atomic E-state index is -1.15. The van der Waals surface area contributed by atoms with Gasteiger partial charge in [-0.2, -0.15) is 0 Å². The highest BCUT2D eigenvalue weighted by Gasteiger charge is 2.42. The van der Waals surface area contributed by atoms with Crippen LogP contribution in [0.15, 0.2) is 22.6 Å². The molecule has 0 fully saturated rings. The standard InChI is InChI=1S/C27H42N2O4S/c1-16-9-8-10-17(2)25(32)19(4)26(33)27(6,7)23(30)14-24(31)29-22(12-11-16)18(3)13-21-15-34-20(5)28-21/h11,13,15,17,19,22-23,25,30,32H,8-10,12,14H2,1-7H3,(H,29,31)/b16-11-,18-13+/t17-,19-,22-,23-,25+/m0/s1. The number of carbonyl (C=O) groups excluding carboxylic acids is 2. The van der Waals surface area contributed by atoms with Crippen molar-refractivity contribution in [3.8, 4) is 0 Å². The second-order valence-corrected chi connectivity index (χ2v) is 11.6. The minimum absolute atomic E-state index is 0.0320. The molecule has 0 aliphatic carbocycles. The molecule has 1 aliphatic heterocycles. The summed E-state index contributed by atoms with van der Waals surface area (Å²) in [5.41, 5.74) is 1.94. The fourth-order valence-corrected chi connectivity index (χ4v) is 5.09. The molecule has 0 saturated carbocycles. The Bertz CT molecular complexity index is 917. The number of rotatable bonds is 2. The molecule has 190 valence electrons. The van der Waals surface area contributed by atoms with E-state index in [9.17, 15) is 19.8 Å². The summed E-state index contributed by atoms with van der Waals surface area (Å²) in [5, 5.41) is 27.7. The maximum absolute atomic E-state index is 13.2. The van der Waals surface area contributed by atoms with Crippen LogP contribution in [-0.4, -0.2) is 45.1 Å². The maximum atomic E-state index is 13.2. The van der Waals surface area contributed by atoms with Gasteiger partial charge in [0.1, 0.15) is 5.78 Å². The van der Waals surface area contributed by atoms with E-state index in [4.69, 9.17) is 0 Å². The average Bonchev–Trinajstić information content (AvgIpc) is 3.18. The molecule has 2 rings (SSSR count).